The molecule has 1 aromatic carbocycles. The van der Waals surface area contributed by atoms with Gasteiger partial charge in [-0.05, 0) is 57.0 Å². The molecule has 92 valence electrons. The highest BCUT2D eigenvalue weighted by atomic mass is 16.5. The quantitative estimate of drug-likeness (QED) is 0.566. The van der Waals surface area contributed by atoms with Gasteiger partial charge in [-0.2, -0.15) is 0 Å². The molecule has 0 aliphatic heterocycles. The molecule has 0 amide bonds. The number of allylic oxidation sites excluding steroid dienone is 2. The van der Waals surface area contributed by atoms with E-state index in [0.29, 0.717) is 0 Å². The van der Waals surface area contributed by atoms with Gasteiger partial charge in [0, 0.05) is 5.56 Å². The average Bonchev–Trinajstić information content (AvgIpc) is 2.30. The molecule has 0 atom stereocenters. The van der Waals surface area contributed by atoms with Crippen LogP contribution in [-0.2, 0) is 0 Å². The summed E-state index contributed by atoms with van der Waals surface area (Å²) in [5.74, 6) is 0.904. The molecule has 17 heavy (non-hydrogen) atoms. The molecule has 0 aliphatic carbocycles. The lowest BCUT2D eigenvalue weighted by molar-refractivity contribution is 0.103. The van der Waals surface area contributed by atoms with Crippen molar-refractivity contribution in [2.75, 3.05) is 0 Å². The number of Topliss-reactive ketones (excluding diaryl/α,β-unsaturated/α-hetero) is 1. The van der Waals surface area contributed by atoms with Crippen molar-refractivity contribution in [2.24, 2.45) is 0 Å². The number of benzene rings is 1. The molecule has 1 rings (SSSR count). The van der Waals surface area contributed by atoms with Crippen molar-refractivity contribution in [3.05, 3.63) is 41.5 Å². The Kier molecular flexibility index (Phi) is 4.95. The maximum Gasteiger partial charge on any atom is 0.188 e. The molecular formula is C15H20O2. The highest BCUT2D eigenvalue weighted by Crippen LogP contribution is 2.17. The predicted octanol–water partition coefficient (Wildman–Crippen LogP) is 4.01. The molecule has 0 aliphatic rings. The Labute approximate surface area is 103 Å². The molecule has 0 bridgehead atoms. The van der Waals surface area contributed by atoms with Crippen molar-refractivity contribution < 1.29 is 9.53 Å². The van der Waals surface area contributed by atoms with Crippen LogP contribution in [0.2, 0.25) is 0 Å². The van der Waals surface area contributed by atoms with Gasteiger partial charge in [0.1, 0.15) is 5.75 Å². The van der Waals surface area contributed by atoms with Crippen LogP contribution in [0.5, 0.6) is 5.75 Å². The van der Waals surface area contributed by atoms with Gasteiger partial charge < -0.3 is 4.74 Å². The van der Waals surface area contributed by atoms with Gasteiger partial charge in [0.05, 0.1) is 6.10 Å². The van der Waals surface area contributed by atoms with Gasteiger partial charge in [0.25, 0.3) is 0 Å². The molecule has 0 fully saturated rings. The Morgan fingerprint density at radius 1 is 1.29 bits per heavy atom. The van der Waals surface area contributed by atoms with E-state index in [9.17, 15) is 4.79 Å². The van der Waals surface area contributed by atoms with Crippen molar-refractivity contribution in [2.45, 2.75) is 40.2 Å². The molecule has 0 heterocycles. The van der Waals surface area contributed by atoms with Gasteiger partial charge in [0.15, 0.2) is 5.78 Å². The molecule has 0 N–H and O–H groups in total. The van der Waals surface area contributed by atoms with Crippen LogP contribution < -0.4 is 4.74 Å². The molecule has 2 heteroatoms. The summed E-state index contributed by atoms with van der Waals surface area (Å²) in [6.45, 7) is 7.85. The largest absolute Gasteiger partial charge is 0.491 e. The summed E-state index contributed by atoms with van der Waals surface area (Å²) >= 11 is 0. The maximum atomic E-state index is 12.0. The zero-order chi connectivity index (χ0) is 12.8. The average molecular weight is 232 g/mol. The van der Waals surface area contributed by atoms with E-state index in [2.05, 4.69) is 0 Å². The summed E-state index contributed by atoms with van der Waals surface area (Å²) in [5, 5.41) is 0. The summed E-state index contributed by atoms with van der Waals surface area (Å²) in [6.07, 6.45) is 2.79. The fourth-order valence-electron chi connectivity index (χ4n) is 1.64. The number of hydrogen-bond acceptors (Lipinski definition) is 2. The van der Waals surface area contributed by atoms with E-state index in [1.165, 1.54) is 0 Å². The molecule has 1 aromatic rings. The minimum atomic E-state index is 0.103. The summed E-state index contributed by atoms with van der Waals surface area (Å²) in [7, 11) is 0. The number of rotatable bonds is 5. The van der Waals surface area contributed by atoms with Crippen molar-refractivity contribution in [3.8, 4) is 5.75 Å². The van der Waals surface area contributed by atoms with Gasteiger partial charge in [-0.25, -0.2) is 0 Å². The van der Waals surface area contributed by atoms with E-state index in [-0.39, 0.29) is 11.9 Å². The standard InChI is InChI=1S/C15H20O2/c1-5-12(6-2)15(16)13-7-9-14(10-8-13)17-11(3)4/h5,7-11H,6H2,1-4H3/b12-5-. The Morgan fingerprint density at radius 3 is 2.29 bits per heavy atom. The monoisotopic (exact) mass is 232 g/mol. The SMILES string of the molecule is C/C=C(/CC)C(=O)c1ccc(OC(C)C)cc1. The molecule has 0 spiro atoms. The van der Waals surface area contributed by atoms with Gasteiger partial charge in [-0.3, -0.25) is 4.79 Å². The Morgan fingerprint density at radius 2 is 1.88 bits per heavy atom. The molecular weight excluding hydrogens is 212 g/mol. The first-order chi connectivity index (χ1) is 8.08. The van der Waals surface area contributed by atoms with E-state index in [4.69, 9.17) is 4.74 Å². The molecule has 0 saturated heterocycles. The normalized spacial score (nSPS) is 11.7. The zero-order valence-corrected chi connectivity index (χ0v) is 11.0. The molecule has 2 nitrogen and oxygen atoms in total. The smallest absolute Gasteiger partial charge is 0.188 e. The van der Waals surface area contributed by atoms with Crippen molar-refractivity contribution in [1.82, 2.24) is 0 Å². The first kappa shape index (κ1) is 13.5. The third-order valence-electron chi connectivity index (χ3n) is 2.51. The highest BCUT2D eigenvalue weighted by molar-refractivity contribution is 6.08. The lowest BCUT2D eigenvalue weighted by Gasteiger charge is -2.10. The van der Waals surface area contributed by atoms with Crippen LogP contribution in [0, 0.1) is 0 Å². The topological polar surface area (TPSA) is 26.3 Å². The molecule has 0 aromatic heterocycles. The van der Waals surface area contributed by atoms with Crippen molar-refractivity contribution in [1.29, 1.82) is 0 Å². The number of ketones is 1. The molecule has 0 unspecified atom stereocenters. The van der Waals surface area contributed by atoms with Crippen LogP contribution in [0.15, 0.2) is 35.9 Å². The lowest BCUT2D eigenvalue weighted by Crippen LogP contribution is -2.06. The fraction of sp³-hybridized carbons (Fsp3) is 0.400. The van der Waals surface area contributed by atoms with Gasteiger partial charge in [-0.1, -0.05) is 13.0 Å². The number of hydrogen-bond donors (Lipinski definition) is 0. The fourth-order valence-corrected chi connectivity index (χ4v) is 1.64. The number of ether oxygens (including phenoxy) is 1. The van der Waals surface area contributed by atoms with Crippen LogP contribution >= 0.6 is 0 Å². The Bertz CT molecular complexity index is 399. The van der Waals surface area contributed by atoms with E-state index in [1.807, 2.05) is 58.0 Å². The first-order valence-electron chi connectivity index (χ1n) is 6.05. The number of carbonyl (C=O) groups is 1. The molecule has 0 saturated carbocycles. The third-order valence-corrected chi connectivity index (χ3v) is 2.51. The third kappa shape index (κ3) is 3.74. The Hall–Kier alpha value is -1.57. The van der Waals surface area contributed by atoms with Crippen molar-refractivity contribution >= 4 is 5.78 Å². The van der Waals surface area contributed by atoms with E-state index >= 15 is 0 Å². The Balaban J connectivity index is 2.84. The van der Waals surface area contributed by atoms with Crippen LogP contribution in [0.3, 0.4) is 0 Å². The van der Waals surface area contributed by atoms with Crippen LogP contribution in [0.1, 0.15) is 44.5 Å². The van der Waals surface area contributed by atoms with Crippen LogP contribution in [0.4, 0.5) is 0 Å². The van der Waals surface area contributed by atoms with E-state index < -0.39 is 0 Å². The minimum Gasteiger partial charge on any atom is -0.491 e. The second kappa shape index (κ2) is 6.24. The number of carbonyl (C=O) groups excluding carboxylic acids is 1. The predicted molar refractivity (Wildman–Crippen MR) is 70.6 cm³/mol. The summed E-state index contributed by atoms with van der Waals surface area (Å²) in [4.78, 5) is 12.0. The van der Waals surface area contributed by atoms with E-state index in [0.717, 1.165) is 23.3 Å². The van der Waals surface area contributed by atoms with E-state index in [1.54, 1.807) is 0 Å². The van der Waals surface area contributed by atoms with Gasteiger partial charge >= 0.3 is 0 Å². The molecule has 0 radical (unpaired) electrons. The van der Waals surface area contributed by atoms with Gasteiger partial charge in [0.2, 0.25) is 0 Å². The summed E-state index contributed by atoms with van der Waals surface area (Å²) in [5.41, 5.74) is 1.57. The second-order valence-electron chi connectivity index (χ2n) is 4.19. The maximum absolute atomic E-state index is 12.0. The summed E-state index contributed by atoms with van der Waals surface area (Å²) < 4.78 is 5.54. The highest BCUT2D eigenvalue weighted by Gasteiger charge is 2.09. The first-order valence-corrected chi connectivity index (χ1v) is 6.05. The summed E-state index contributed by atoms with van der Waals surface area (Å²) in [6, 6.07) is 7.32. The van der Waals surface area contributed by atoms with Crippen LogP contribution in [0.25, 0.3) is 0 Å². The second-order valence-corrected chi connectivity index (χ2v) is 4.19. The van der Waals surface area contributed by atoms with Crippen LogP contribution in [-0.4, -0.2) is 11.9 Å². The zero-order valence-electron chi connectivity index (χ0n) is 11.0. The van der Waals surface area contributed by atoms with Gasteiger partial charge in [-0.15, -0.1) is 0 Å². The van der Waals surface area contributed by atoms with Crippen molar-refractivity contribution in [3.63, 3.8) is 0 Å². The lowest BCUT2D eigenvalue weighted by atomic mass is 10.0. The minimum absolute atomic E-state index is 0.103.